The van der Waals surface area contributed by atoms with E-state index in [1.807, 2.05) is 4.90 Å². The van der Waals surface area contributed by atoms with Crippen molar-refractivity contribution in [2.45, 2.75) is 20.3 Å². The molecule has 3 rings (SSSR count). The SMILES string of the molecule is Cc1ccc2sc(N3CC(CS)CC3=O)nc2c1C. The van der Waals surface area contributed by atoms with Crippen LogP contribution in [-0.4, -0.2) is 23.2 Å². The first kappa shape index (κ1) is 12.9. The van der Waals surface area contributed by atoms with Gasteiger partial charge in [0, 0.05) is 13.0 Å². The molecule has 3 nitrogen and oxygen atoms in total. The van der Waals surface area contributed by atoms with Crippen molar-refractivity contribution in [2.24, 2.45) is 5.92 Å². The van der Waals surface area contributed by atoms with Crippen LogP contribution in [0.15, 0.2) is 12.1 Å². The Morgan fingerprint density at radius 2 is 2.26 bits per heavy atom. The molecule has 0 saturated carbocycles. The number of aromatic nitrogens is 1. The largest absolute Gasteiger partial charge is 0.288 e. The number of aryl methyl sites for hydroxylation is 2. The smallest absolute Gasteiger partial charge is 0.229 e. The lowest BCUT2D eigenvalue weighted by Crippen LogP contribution is -2.24. The maximum absolute atomic E-state index is 12.0. The first-order valence-electron chi connectivity index (χ1n) is 6.38. The molecule has 1 aromatic heterocycles. The molecular weight excluding hydrogens is 276 g/mol. The highest BCUT2D eigenvalue weighted by Gasteiger charge is 2.31. The van der Waals surface area contributed by atoms with Crippen LogP contribution in [0.5, 0.6) is 0 Å². The summed E-state index contributed by atoms with van der Waals surface area (Å²) in [6.07, 6.45) is 0.595. The van der Waals surface area contributed by atoms with E-state index < -0.39 is 0 Å². The number of carbonyl (C=O) groups is 1. The van der Waals surface area contributed by atoms with Crippen molar-refractivity contribution in [3.63, 3.8) is 0 Å². The minimum atomic E-state index is 0.174. The molecule has 1 amide bonds. The van der Waals surface area contributed by atoms with Crippen LogP contribution in [0.1, 0.15) is 17.5 Å². The van der Waals surface area contributed by atoms with Crippen LogP contribution in [0.25, 0.3) is 10.2 Å². The molecule has 2 heterocycles. The van der Waals surface area contributed by atoms with Gasteiger partial charge < -0.3 is 0 Å². The number of rotatable bonds is 2. The van der Waals surface area contributed by atoms with Crippen molar-refractivity contribution < 1.29 is 4.79 Å². The number of amides is 1. The Morgan fingerprint density at radius 1 is 1.47 bits per heavy atom. The van der Waals surface area contributed by atoms with E-state index in [0.29, 0.717) is 12.3 Å². The molecule has 0 radical (unpaired) electrons. The Morgan fingerprint density at radius 3 is 2.95 bits per heavy atom. The van der Waals surface area contributed by atoms with Gasteiger partial charge in [0.15, 0.2) is 5.13 Å². The Labute approximate surface area is 122 Å². The minimum Gasteiger partial charge on any atom is -0.288 e. The number of thiol groups is 1. The van der Waals surface area contributed by atoms with Gasteiger partial charge in [-0.3, -0.25) is 9.69 Å². The molecule has 1 aliphatic rings. The van der Waals surface area contributed by atoms with E-state index in [-0.39, 0.29) is 5.91 Å². The fourth-order valence-corrected chi connectivity index (χ4v) is 3.71. The van der Waals surface area contributed by atoms with E-state index >= 15 is 0 Å². The summed E-state index contributed by atoms with van der Waals surface area (Å²) in [7, 11) is 0. The fraction of sp³-hybridized carbons (Fsp3) is 0.429. The second kappa shape index (κ2) is 4.80. The summed E-state index contributed by atoms with van der Waals surface area (Å²) >= 11 is 5.90. The highest BCUT2D eigenvalue weighted by molar-refractivity contribution is 7.80. The van der Waals surface area contributed by atoms with Crippen LogP contribution in [0.3, 0.4) is 0 Å². The van der Waals surface area contributed by atoms with Crippen LogP contribution in [0, 0.1) is 19.8 Å². The summed E-state index contributed by atoms with van der Waals surface area (Å²) in [5.41, 5.74) is 3.48. The lowest BCUT2D eigenvalue weighted by Gasteiger charge is -2.11. The molecule has 1 aliphatic heterocycles. The molecule has 5 heteroatoms. The third-order valence-corrected chi connectivity index (χ3v) is 5.33. The van der Waals surface area contributed by atoms with Gasteiger partial charge in [0.25, 0.3) is 0 Å². The quantitative estimate of drug-likeness (QED) is 0.862. The van der Waals surface area contributed by atoms with E-state index in [1.165, 1.54) is 11.1 Å². The van der Waals surface area contributed by atoms with Gasteiger partial charge in [-0.2, -0.15) is 12.6 Å². The second-order valence-electron chi connectivity index (χ2n) is 5.11. The van der Waals surface area contributed by atoms with Gasteiger partial charge in [0.2, 0.25) is 5.91 Å². The molecule has 1 unspecified atom stereocenters. The van der Waals surface area contributed by atoms with E-state index in [2.05, 4.69) is 43.6 Å². The van der Waals surface area contributed by atoms with Crippen LogP contribution in [-0.2, 0) is 4.79 Å². The Kier molecular flexibility index (Phi) is 3.27. The summed E-state index contributed by atoms with van der Waals surface area (Å²) in [5, 5.41) is 0.831. The standard InChI is InChI=1S/C14H16N2OS2/c1-8-3-4-11-13(9(8)2)15-14(19-11)16-6-10(7-18)5-12(16)17/h3-4,10,18H,5-7H2,1-2H3. The van der Waals surface area contributed by atoms with Crippen molar-refractivity contribution in [2.75, 3.05) is 17.2 Å². The number of nitrogens with zero attached hydrogens (tertiary/aromatic N) is 2. The normalized spacial score (nSPS) is 19.6. The van der Waals surface area contributed by atoms with E-state index in [9.17, 15) is 4.79 Å². The first-order valence-corrected chi connectivity index (χ1v) is 7.83. The molecular formula is C14H16N2OS2. The molecule has 0 spiro atoms. The second-order valence-corrected chi connectivity index (χ2v) is 6.48. The number of fused-ring (bicyclic) bond motifs is 1. The lowest BCUT2D eigenvalue weighted by atomic mass is 10.1. The Balaban J connectivity index is 2.02. The molecule has 0 N–H and O–H groups in total. The highest BCUT2D eigenvalue weighted by Crippen LogP contribution is 2.34. The molecule has 0 bridgehead atoms. The van der Waals surface area contributed by atoms with Crippen LogP contribution >= 0.6 is 24.0 Å². The zero-order valence-corrected chi connectivity index (χ0v) is 12.7. The number of benzene rings is 1. The minimum absolute atomic E-state index is 0.174. The summed E-state index contributed by atoms with van der Waals surface area (Å²) < 4.78 is 1.15. The fourth-order valence-electron chi connectivity index (χ4n) is 2.42. The Hall–Kier alpha value is -1.07. The van der Waals surface area contributed by atoms with Gasteiger partial charge in [-0.1, -0.05) is 17.4 Å². The zero-order chi connectivity index (χ0) is 13.6. The molecule has 0 aliphatic carbocycles. The van der Waals surface area contributed by atoms with Crippen molar-refractivity contribution in [3.8, 4) is 0 Å². The molecule has 1 atom stereocenters. The van der Waals surface area contributed by atoms with Gasteiger partial charge in [-0.05, 0) is 42.7 Å². The maximum Gasteiger partial charge on any atom is 0.229 e. The lowest BCUT2D eigenvalue weighted by molar-refractivity contribution is -0.117. The molecule has 19 heavy (non-hydrogen) atoms. The van der Waals surface area contributed by atoms with E-state index in [1.54, 1.807) is 11.3 Å². The van der Waals surface area contributed by atoms with Gasteiger partial charge in [-0.25, -0.2) is 4.98 Å². The average molecular weight is 292 g/mol. The summed E-state index contributed by atoms with van der Waals surface area (Å²) in [6, 6.07) is 4.21. The van der Waals surface area contributed by atoms with Crippen LogP contribution in [0.4, 0.5) is 5.13 Å². The maximum atomic E-state index is 12.0. The third kappa shape index (κ3) is 2.15. The number of hydrogen-bond acceptors (Lipinski definition) is 4. The molecule has 100 valence electrons. The molecule has 1 fully saturated rings. The Bertz CT molecular complexity index is 650. The monoisotopic (exact) mass is 292 g/mol. The summed E-state index contributed by atoms with van der Waals surface area (Å²) in [6.45, 7) is 4.93. The highest BCUT2D eigenvalue weighted by atomic mass is 32.1. The van der Waals surface area contributed by atoms with E-state index in [0.717, 1.165) is 27.6 Å². The third-order valence-electron chi connectivity index (χ3n) is 3.77. The number of carbonyl (C=O) groups excluding carboxylic acids is 1. The summed E-state index contributed by atoms with van der Waals surface area (Å²) in [4.78, 5) is 18.5. The summed E-state index contributed by atoms with van der Waals surface area (Å²) in [5.74, 6) is 1.28. The predicted molar refractivity (Wildman–Crippen MR) is 83.4 cm³/mol. The van der Waals surface area contributed by atoms with Gasteiger partial charge in [0.1, 0.15) is 0 Å². The number of anilines is 1. The molecule has 1 saturated heterocycles. The first-order chi connectivity index (χ1) is 9.10. The van der Waals surface area contributed by atoms with Crippen molar-refractivity contribution in [1.29, 1.82) is 0 Å². The van der Waals surface area contributed by atoms with E-state index in [4.69, 9.17) is 0 Å². The topological polar surface area (TPSA) is 33.2 Å². The predicted octanol–water partition coefficient (Wildman–Crippen LogP) is 3.20. The molecule has 1 aromatic carbocycles. The van der Waals surface area contributed by atoms with Crippen molar-refractivity contribution in [3.05, 3.63) is 23.3 Å². The van der Waals surface area contributed by atoms with Gasteiger partial charge in [-0.15, -0.1) is 0 Å². The van der Waals surface area contributed by atoms with Gasteiger partial charge in [0.05, 0.1) is 10.2 Å². The van der Waals surface area contributed by atoms with Crippen LogP contribution < -0.4 is 4.90 Å². The average Bonchev–Trinajstić information content (AvgIpc) is 2.97. The van der Waals surface area contributed by atoms with Crippen molar-refractivity contribution >= 4 is 45.2 Å². The van der Waals surface area contributed by atoms with Crippen LogP contribution in [0.2, 0.25) is 0 Å². The van der Waals surface area contributed by atoms with Gasteiger partial charge >= 0.3 is 0 Å². The number of hydrogen-bond donors (Lipinski definition) is 1. The zero-order valence-electron chi connectivity index (χ0n) is 11.0. The number of thiazole rings is 1. The molecule has 2 aromatic rings. The van der Waals surface area contributed by atoms with Crippen molar-refractivity contribution in [1.82, 2.24) is 4.98 Å².